The number of carbonyl (C=O) groups is 1. The molecule has 0 heterocycles. The molecule has 0 N–H and O–H groups in total. The van der Waals surface area contributed by atoms with E-state index in [9.17, 15) is 9.36 Å². The van der Waals surface area contributed by atoms with Crippen molar-refractivity contribution in [2.24, 2.45) is 0 Å². The van der Waals surface area contributed by atoms with Crippen LogP contribution in [-0.4, -0.2) is 39.2 Å². The Labute approximate surface area is 185 Å². The molecule has 0 aromatic carbocycles. The van der Waals surface area contributed by atoms with E-state index < -0.39 is 13.3 Å². The second-order valence-corrected chi connectivity index (χ2v) is 9.76. The molecular weight excluding hydrogens is 403 g/mol. The van der Waals surface area contributed by atoms with Crippen LogP contribution in [0.15, 0.2) is 0 Å². The summed E-state index contributed by atoms with van der Waals surface area (Å²) in [5.41, 5.74) is -0.934. The van der Waals surface area contributed by atoms with E-state index in [1.165, 1.54) is 90.6 Å². The second kappa shape index (κ2) is 21.8. The van der Waals surface area contributed by atoms with Crippen LogP contribution in [0.2, 0.25) is 0 Å². The summed E-state index contributed by atoms with van der Waals surface area (Å²) in [7, 11) is -2.63. The summed E-state index contributed by atoms with van der Waals surface area (Å²) in [6.07, 6.45) is 19.4. The van der Waals surface area contributed by atoms with Crippen molar-refractivity contribution in [1.82, 2.24) is 0 Å². The van der Waals surface area contributed by atoms with Crippen molar-refractivity contribution >= 4 is 13.3 Å². The van der Waals surface area contributed by atoms with Crippen molar-refractivity contribution in [3.05, 3.63) is 0 Å². The average Bonchev–Trinajstić information content (AvgIpc) is 2.75. The molecule has 0 bridgehead atoms. The molecule has 0 aromatic heterocycles. The Balaban J connectivity index is 3.31. The van der Waals surface area contributed by atoms with Gasteiger partial charge in [0.15, 0.2) is 0 Å². The van der Waals surface area contributed by atoms with E-state index in [1.54, 1.807) is 6.92 Å². The van der Waals surface area contributed by atoms with Crippen molar-refractivity contribution in [2.45, 2.75) is 110 Å². The lowest BCUT2D eigenvalue weighted by Crippen LogP contribution is -2.09. The van der Waals surface area contributed by atoms with Crippen LogP contribution in [0.1, 0.15) is 110 Å². The van der Waals surface area contributed by atoms with E-state index in [2.05, 4.69) is 6.92 Å². The second-order valence-electron chi connectivity index (χ2n) is 7.77. The predicted molar refractivity (Wildman–Crippen MR) is 123 cm³/mol. The summed E-state index contributed by atoms with van der Waals surface area (Å²) < 4.78 is 32.2. The maximum atomic E-state index is 12.1. The largest absolute Gasteiger partial charge is 0.457 e. The predicted octanol–water partition coefficient (Wildman–Crippen LogP) is 7.89. The lowest BCUT2D eigenvalue weighted by molar-refractivity contribution is 0.110. The third-order valence-corrected chi connectivity index (χ3v) is 6.65. The van der Waals surface area contributed by atoms with Gasteiger partial charge in [-0.3, -0.25) is 0 Å². The quantitative estimate of drug-likeness (QED) is 0.116. The molecule has 1 unspecified atom stereocenters. The van der Waals surface area contributed by atoms with Crippen molar-refractivity contribution in [1.29, 1.82) is 0 Å². The smallest absolute Gasteiger partial charge is 0.438 e. The minimum absolute atomic E-state index is 0.137. The minimum atomic E-state index is -3.82. The number of unbranched alkanes of at least 4 members (excludes halogenated alkanes) is 13. The highest BCUT2D eigenvalue weighted by Gasteiger charge is 2.35. The first-order valence-corrected chi connectivity index (χ1v) is 13.7. The molecule has 0 aliphatic heterocycles. The lowest BCUT2D eigenvalue weighted by atomic mass is 10.0. The van der Waals surface area contributed by atoms with Crippen LogP contribution in [0.3, 0.4) is 0 Å². The molecule has 30 heavy (non-hydrogen) atoms. The van der Waals surface area contributed by atoms with E-state index >= 15 is 0 Å². The highest BCUT2D eigenvalue weighted by molar-refractivity contribution is 7.71. The number of ether oxygens (including phenoxy) is 2. The van der Waals surface area contributed by atoms with Crippen LogP contribution in [0, 0.1) is 0 Å². The number of hydrogen-bond donors (Lipinski definition) is 0. The van der Waals surface area contributed by atoms with Crippen molar-refractivity contribution in [3.8, 4) is 0 Å². The first-order valence-electron chi connectivity index (χ1n) is 12.2. The molecule has 0 saturated heterocycles. The molecule has 0 spiro atoms. The van der Waals surface area contributed by atoms with Crippen molar-refractivity contribution in [3.63, 3.8) is 0 Å². The van der Waals surface area contributed by atoms with Gasteiger partial charge in [0.1, 0.15) is 0 Å². The van der Waals surface area contributed by atoms with Gasteiger partial charge in [-0.05, 0) is 19.8 Å². The summed E-state index contributed by atoms with van der Waals surface area (Å²) >= 11 is 0. The average molecular weight is 451 g/mol. The minimum Gasteiger partial charge on any atom is -0.457 e. The molecule has 0 fully saturated rings. The van der Waals surface area contributed by atoms with Gasteiger partial charge in [0.2, 0.25) is 0 Å². The highest BCUT2D eigenvalue weighted by Crippen LogP contribution is 2.49. The number of hydrogen-bond acceptors (Lipinski definition) is 6. The van der Waals surface area contributed by atoms with Crippen LogP contribution in [0.25, 0.3) is 0 Å². The summed E-state index contributed by atoms with van der Waals surface area (Å²) in [5, 5.41) is 0. The van der Waals surface area contributed by atoms with Crippen LogP contribution in [0.5, 0.6) is 0 Å². The first kappa shape index (κ1) is 29.6. The van der Waals surface area contributed by atoms with Crippen LogP contribution in [-0.2, 0) is 23.1 Å². The Kier molecular flexibility index (Phi) is 21.5. The van der Waals surface area contributed by atoms with Gasteiger partial charge in [0, 0.05) is 20.3 Å². The third-order valence-electron chi connectivity index (χ3n) is 5.07. The van der Waals surface area contributed by atoms with E-state index in [0.29, 0.717) is 13.0 Å². The molecule has 0 aliphatic rings. The van der Waals surface area contributed by atoms with Gasteiger partial charge in [-0.15, -0.1) is 0 Å². The van der Waals surface area contributed by atoms with Crippen LogP contribution in [0.4, 0.5) is 4.79 Å². The van der Waals surface area contributed by atoms with Gasteiger partial charge in [-0.1, -0.05) is 90.4 Å². The molecule has 0 aromatic rings. The van der Waals surface area contributed by atoms with Gasteiger partial charge in [0.25, 0.3) is 0 Å². The van der Waals surface area contributed by atoms with E-state index in [-0.39, 0.29) is 13.2 Å². The fraction of sp³-hybridized carbons (Fsp3) is 0.957. The maximum Gasteiger partial charge on any atom is 0.438 e. The standard InChI is InChI=1S/C23H47O6P/c1-4-6-7-8-9-10-11-12-13-14-15-16-17-18-20-27-21-19-22-29-30(25,26-3)23(24)28-5-2/h4-22H2,1-3H3. The maximum absolute atomic E-state index is 12.1. The fourth-order valence-corrected chi connectivity index (χ4v) is 4.25. The van der Waals surface area contributed by atoms with E-state index in [4.69, 9.17) is 18.5 Å². The fourth-order valence-electron chi connectivity index (χ4n) is 3.23. The highest BCUT2D eigenvalue weighted by atomic mass is 31.2. The van der Waals surface area contributed by atoms with Crippen molar-refractivity contribution in [2.75, 3.05) is 33.5 Å². The SMILES string of the molecule is CCCCCCCCCCCCCCCCOCCCOP(=O)(OC)C(=O)OCC. The molecule has 180 valence electrons. The topological polar surface area (TPSA) is 71.1 Å². The zero-order valence-electron chi connectivity index (χ0n) is 19.8. The Morgan fingerprint density at radius 2 is 1.13 bits per heavy atom. The molecular formula is C23H47O6P. The van der Waals surface area contributed by atoms with Gasteiger partial charge >= 0.3 is 13.3 Å². The molecule has 0 aliphatic carbocycles. The van der Waals surface area contributed by atoms with Gasteiger partial charge in [-0.2, -0.15) is 0 Å². The summed E-state index contributed by atoms with van der Waals surface area (Å²) in [6.45, 7) is 5.44. The summed E-state index contributed by atoms with van der Waals surface area (Å²) in [4.78, 5) is 11.6. The molecule has 0 radical (unpaired) electrons. The Bertz CT molecular complexity index is 430. The van der Waals surface area contributed by atoms with E-state index in [0.717, 1.165) is 13.0 Å². The number of carbonyl (C=O) groups excluding carboxylic acids is 1. The number of rotatable bonds is 23. The van der Waals surface area contributed by atoms with Gasteiger partial charge in [0.05, 0.1) is 13.2 Å². The zero-order chi connectivity index (χ0) is 22.3. The zero-order valence-corrected chi connectivity index (χ0v) is 20.7. The summed E-state index contributed by atoms with van der Waals surface area (Å²) in [5.74, 6) is 0. The van der Waals surface area contributed by atoms with Crippen LogP contribution >= 0.6 is 7.60 Å². The molecule has 6 nitrogen and oxygen atoms in total. The Morgan fingerprint density at radius 3 is 1.60 bits per heavy atom. The Hall–Kier alpha value is -0.420. The third kappa shape index (κ3) is 17.3. The monoisotopic (exact) mass is 450 g/mol. The molecule has 1 atom stereocenters. The first-order chi connectivity index (χ1) is 14.6. The van der Waals surface area contributed by atoms with Crippen LogP contribution < -0.4 is 0 Å². The summed E-state index contributed by atoms with van der Waals surface area (Å²) in [6, 6.07) is 0. The molecule has 0 amide bonds. The molecule has 7 heteroatoms. The van der Waals surface area contributed by atoms with Gasteiger partial charge in [-0.25, -0.2) is 9.36 Å². The lowest BCUT2D eigenvalue weighted by Gasteiger charge is -2.14. The van der Waals surface area contributed by atoms with E-state index in [1.807, 2.05) is 0 Å². The normalized spacial score (nSPS) is 13.3. The molecule has 0 saturated carbocycles. The van der Waals surface area contributed by atoms with Crippen molar-refractivity contribution < 1.29 is 27.9 Å². The Morgan fingerprint density at radius 1 is 0.667 bits per heavy atom. The van der Waals surface area contributed by atoms with Gasteiger partial charge < -0.3 is 18.5 Å². The molecule has 0 rings (SSSR count).